The van der Waals surface area contributed by atoms with E-state index in [-0.39, 0.29) is 12.1 Å². The van der Waals surface area contributed by atoms with Gasteiger partial charge in [-0.15, -0.1) is 0 Å². The molecule has 0 unspecified atom stereocenters. The van der Waals surface area contributed by atoms with E-state index in [1.165, 1.54) is 11.4 Å². The fourth-order valence-electron chi connectivity index (χ4n) is 1.40. The van der Waals surface area contributed by atoms with E-state index in [1.807, 2.05) is 0 Å². The van der Waals surface area contributed by atoms with Crippen LogP contribution in [0.5, 0.6) is 0 Å². The SMILES string of the molecule is COCCN(C)S(=O)(=O)NC1CC(N)C1. The van der Waals surface area contributed by atoms with Gasteiger partial charge in [-0.05, 0) is 12.8 Å². The van der Waals surface area contributed by atoms with Gasteiger partial charge in [0.2, 0.25) is 0 Å². The molecule has 15 heavy (non-hydrogen) atoms. The summed E-state index contributed by atoms with van der Waals surface area (Å²) in [6.45, 7) is 0.742. The number of nitrogens with zero attached hydrogens (tertiary/aromatic N) is 1. The molecule has 0 heterocycles. The third-order valence-electron chi connectivity index (χ3n) is 2.51. The molecule has 1 rings (SSSR count). The van der Waals surface area contributed by atoms with Gasteiger partial charge in [0.1, 0.15) is 0 Å². The molecule has 90 valence electrons. The van der Waals surface area contributed by atoms with Crippen molar-refractivity contribution in [1.29, 1.82) is 0 Å². The van der Waals surface area contributed by atoms with Crippen LogP contribution in [-0.4, -0.2) is 52.1 Å². The highest BCUT2D eigenvalue weighted by atomic mass is 32.2. The van der Waals surface area contributed by atoms with Crippen LogP contribution in [0.3, 0.4) is 0 Å². The molecular formula is C8H19N3O3S. The minimum atomic E-state index is -3.37. The zero-order chi connectivity index (χ0) is 11.5. The summed E-state index contributed by atoms with van der Waals surface area (Å²) >= 11 is 0. The zero-order valence-electron chi connectivity index (χ0n) is 9.14. The average molecular weight is 237 g/mol. The van der Waals surface area contributed by atoms with E-state index in [0.717, 1.165) is 12.8 Å². The first kappa shape index (κ1) is 12.9. The number of ether oxygens (including phenoxy) is 1. The van der Waals surface area contributed by atoms with Crippen molar-refractivity contribution in [3.05, 3.63) is 0 Å². The maximum atomic E-state index is 11.7. The fourth-order valence-corrected chi connectivity index (χ4v) is 2.51. The first-order valence-corrected chi connectivity index (χ1v) is 6.38. The van der Waals surface area contributed by atoms with Crippen molar-refractivity contribution in [1.82, 2.24) is 9.03 Å². The van der Waals surface area contributed by atoms with E-state index in [4.69, 9.17) is 10.5 Å². The van der Waals surface area contributed by atoms with Crippen molar-refractivity contribution in [2.45, 2.75) is 24.9 Å². The van der Waals surface area contributed by atoms with E-state index in [0.29, 0.717) is 13.2 Å². The van der Waals surface area contributed by atoms with Crippen LogP contribution in [0, 0.1) is 0 Å². The highest BCUT2D eigenvalue weighted by Gasteiger charge is 2.31. The second kappa shape index (κ2) is 5.22. The van der Waals surface area contributed by atoms with Gasteiger partial charge in [-0.3, -0.25) is 0 Å². The Bertz CT molecular complexity index is 288. The van der Waals surface area contributed by atoms with Crippen molar-refractivity contribution >= 4 is 10.2 Å². The highest BCUT2D eigenvalue weighted by molar-refractivity contribution is 7.87. The number of hydrogen-bond acceptors (Lipinski definition) is 4. The van der Waals surface area contributed by atoms with Crippen LogP contribution in [0.1, 0.15) is 12.8 Å². The maximum absolute atomic E-state index is 11.7. The molecule has 6 nitrogen and oxygen atoms in total. The minimum Gasteiger partial charge on any atom is -0.383 e. The summed E-state index contributed by atoms with van der Waals surface area (Å²) in [6.07, 6.45) is 1.44. The first-order valence-electron chi connectivity index (χ1n) is 4.94. The van der Waals surface area contributed by atoms with Crippen molar-refractivity contribution in [3.8, 4) is 0 Å². The van der Waals surface area contributed by atoms with E-state index >= 15 is 0 Å². The van der Waals surface area contributed by atoms with E-state index in [1.54, 1.807) is 7.11 Å². The number of likely N-dealkylation sites (N-methyl/N-ethyl adjacent to an activating group) is 1. The van der Waals surface area contributed by atoms with Crippen LogP contribution >= 0.6 is 0 Å². The van der Waals surface area contributed by atoms with Crippen LogP contribution in [0.25, 0.3) is 0 Å². The third-order valence-corrected chi connectivity index (χ3v) is 4.15. The van der Waals surface area contributed by atoms with E-state index < -0.39 is 10.2 Å². The van der Waals surface area contributed by atoms with Crippen LogP contribution in [0.4, 0.5) is 0 Å². The molecule has 0 radical (unpaired) electrons. The molecule has 0 bridgehead atoms. The molecule has 1 aliphatic carbocycles. The summed E-state index contributed by atoms with van der Waals surface area (Å²) in [4.78, 5) is 0. The summed E-state index contributed by atoms with van der Waals surface area (Å²) in [5.41, 5.74) is 5.58. The molecule has 3 N–H and O–H groups in total. The van der Waals surface area contributed by atoms with Gasteiger partial charge < -0.3 is 10.5 Å². The third kappa shape index (κ3) is 3.69. The summed E-state index contributed by atoms with van der Waals surface area (Å²) in [7, 11) is -0.300. The molecule has 1 saturated carbocycles. The Labute approximate surface area is 90.9 Å². The largest absolute Gasteiger partial charge is 0.383 e. The molecule has 0 atom stereocenters. The van der Waals surface area contributed by atoms with Gasteiger partial charge in [-0.1, -0.05) is 0 Å². The molecular weight excluding hydrogens is 218 g/mol. The second-order valence-corrected chi connectivity index (χ2v) is 5.67. The number of nitrogens with two attached hydrogens (primary N) is 1. The summed E-state index contributed by atoms with van der Waals surface area (Å²) in [6, 6.07) is 0.136. The van der Waals surface area contributed by atoms with Gasteiger partial charge in [-0.25, -0.2) is 0 Å². The standard InChI is InChI=1S/C8H19N3O3S/c1-11(3-4-14-2)15(12,13)10-8-5-7(9)6-8/h7-8,10H,3-6,9H2,1-2H3. The first-order chi connectivity index (χ1) is 6.95. The van der Waals surface area contributed by atoms with Crippen LogP contribution in [-0.2, 0) is 14.9 Å². The monoisotopic (exact) mass is 237 g/mol. The van der Waals surface area contributed by atoms with E-state index in [2.05, 4.69) is 4.72 Å². The van der Waals surface area contributed by atoms with Gasteiger partial charge in [0.25, 0.3) is 10.2 Å². The Morgan fingerprint density at radius 3 is 2.60 bits per heavy atom. The van der Waals surface area contributed by atoms with Crippen molar-refractivity contribution in [3.63, 3.8) is 0 Å². The lowest BCUT2D eigenvalue weighted by Crippen LogP contribution is -2.53. The van der Waals surface area contributed by atoms with Crippen molar-refractivity contribution in [2.24, 2.45) is 5.73 Å². The Hall–Kier alpha value is -0.210. The molecule has 0 aromatic rings. The summed E-state index contributed by atoms with van der Waals surface area (Å²) < 4.78 is 32.0. The molecule has 0 aromatic carbocycles. The van der Waals surface area contributed by atoms with Gasteiger partial charge in [-0.2, -0.15) is 17.4 Å². The normalized spacial score (nSPS) is 26.7. The maximum Gasteiger partial charge on any atom is 0.279 e. The van der Waals surface area contributed by atoms with E-state index in [9.17, 15) is 8.42 Å². The number of hydrogen-bond donors (Lipinski definition) is 2. The lowest BCUT2D eigenvalue weighted by Gasteiger charge is -2.33. The molecule has 0 spiro atoms. The Morgan fingerprint density at radius 1 is 1.53 bits per heavy atom. The van der Waals surface area contributed by atoms with Crippen molar-refractivity contribution < 1.29 is 13.2 Å². The molecule has 7 heteroatoms. The second-order valence-electron chi connectivity index (χ2n) is 3.87. The molecule has 0 saturated heterocycles. The topological polar surface area (TPSA) is 84.7 Å². The van der Waals surface area contributed by atoms with Gasteiger partial charge in [0.05, 0.1) is 6.61 Å². The Kier molecular flexibility index (Phi) is 4.47. The predicted molar refractivity (Wildman–Crippen MR) is 57.6 cm³/mol. The van der Waals surface area contributed by atoms with Gasteiger partial charge in [0, 0.05) is 32.8 Å². The van der Waals surface area contributed by atoms with Crippen LogP contribution in [0.2, 0.25) is 0 Å². The summed E-state index contributed by atoms with van der Waals surface area (Å²) in [5, 5.41) is 0. The lowest BCUT2D eigenvalue weighted by atomic mass is 9.89. The fraction of sp³-hybridized carbons (Fsp3) is 1.00. The highest BCUT2D eigenvalue weighted by Crippen LogP contribution is 2.18. The predicted octanol–water partition coefficient (Wildman–Crippen LogP) is -1.11. The molecule has 1 aliphatic rings. The molecule has 0 aromatic heterocycles. The Morgan fingerprint density at radius 2 is 2.13 bits per heavy atom. The smallest absolute Gasteiger partial charge is 0.279 e. The lowest BCUT2D eigenvalue weighted by molar-refractivity contribution is 0.184. The van der Waals surface area contributed by atoms with Gasteiger partial charge >= 0.3 is 0 Å². The summed E-state index contributed by atoms with van der Waals surface area (Å²) in [5.74, 6) is 0. The van der Waals surface area contributed by atoms with Gasteiger partial charge in [0.15, 0.2) is 0 Å². The number of rotatable bonds is 6. The minimum absolute atomic E-state index is 0.00463. The van der Waals surface area contributed by atoms with Crippen LogP contribution < -0.4 is 10.5 Å². The average Bonchev–Trinajstić information content (AvgIpc) is 2.11. The number of nitrogens with one attached hydrogen (secondary N) is 1. The Balaban J connectivity index is 2.37. The molecule has 0 aliphatic heterocycles. The zero-order valence-corrected chi connectivity index (χ0v) is 9.96. The molecule has 1 fully saturated rings. The van der Waals surface area contributed by atoms with Crippen molar-refractivity contribution in [2.75, 3.05) is 27.3 Å². The van der Waals surface area contributed by atoms with Crippen LogP contribution in [0.15, 0.2) is 0 Å². The number of methoxy groups -OCH3 is 1. The molecule has 0 amide bonds. The quantitative estimate of drug-likeness (QED) is 0.613.